The maximum absolute atomic E-state index is 6.52. The second-order valence-corrected chi connectivity index (χ2v) is 8.84. The molecule has 1 aliphatic heterocycles. The van der Waals surface area contributed by atoms with E-state index >= 15 is 0 Å². The van der Waals surface area contributed by atoms with E-state index in [0.717, 1.165) is 80.3 Å². The normalized spacial score (nSPS) is 21.1. The molecule has 0 radical (unpaired) electrons. The third-order valence-electron chi connectivity index (χ3n) is 6.30. The van der Waals surface area contributed by atoms with Gasteiger partial charge in [0.25, 0.3) is 0 Å². The van der Waals surface area contributed by atoms with E-state index in [2.05, 4.69) is 42.3 Å². The van der Waals surface area contributed by atoms with E-state index < -0.39 is 0 Å². The lowest BCUT2D eigenvalue weighted by Gasteiger charge is -2.31. The Morgan fingerprint density at radius 3 is 2.58 bits per heavy atom. The summed E-state index contributed by atoms with van der Waals surface area (Å²) in [5.74, 6) is 2.41. The van der Waals surface area contributed by atoms with Crippen LogP contribution in [0.5, 0.6) is 5.75 Å². The van der Waals surface area contributed by atoms with Gasteiger partial charge >= 0.3 is 0 Å². The Kier molecular flexibility index (Phi) is 6.39. The van der Waals surface area contributed by atoms with E-state index in [0.29, 0.717) is 12.0 Å². The first kappa shape index (κ1) is 21.6. The van der Waals surface area contributed by atoms with Crippen LogP contribution in [-0.4, -0.2) is 72.5 Å². The van der Waals surface area contributed by atoms with Crippen molar-refractivity contribution in [2.45, 2.75) is 37.8 Å². The van der Waals surface area contributed by atoms with E-state index in [1.165, 1.54) is 0 Å². The van der Waals surface area contributed by atoms with Crippen molar-refractivity contribution in [1.29, 1.82) is 0 Å². The number of nitrogens with one attached hydrogen (secondary N) is 1. The molecular formula is C24H31N7O2. The molecule has 1 aliphatic carbocycles. The molecule has 9 nitrogen and oxygen atoms in total. The Balaban J connectivity index is 1.26. The minimum Gasteiger partial charge on any atom is -0.488 e. The summed E-state index contributed by atoms with van der Waals surface area (Å²) in [5, 5.41) is 3.50. The highest BCUT2D eigenvalue weighted by molar-refractivity contribution is 5.85. The average Bonchev–Trinajstić information content (AvgIpc) is 2.86. The predicted octanol–water partition coefficient (Wildman–Crippen LogP) is 3.12. The molecule has 2 aliphatic rings. The zero-order valence-corrected chi connectivity index (χ0v) is 19.3. The minimum atomic E-state index is 0.155. The van der Waals surface area contributed by atoms with Crippen molar-refractivity contribution in [1.82, 2.24) is 19.9 Å². The van der Waals surface area contributed by atoms with Gasteiger partial charge in [0.1, 0.15) is 17.1 Å². The Morgan fingerprint density at radius 1 is 1.00 bits per heavy atom. The average molecular weight is 450 g/mol. The number of fused-ring (bicyclic) bond motifs is 1. The number of hydrogen-bond acceptors (Lipinski definition) is 9. The van der Waals surface area contributed by atoms with Gasteiger partial charge in [-0.15, -0.1) is 0 Å². The number of rotatable bonds is 6. The first-order valence-corrected chi connectivity index (χ1v) is 11.7. The SMILES string of the molecule is CN(C)c1ccnc(NC2CCC(Oc3cc(N4CCOCC4)cc4nccnc34)CC2)n1. The summed E-state index contributed by atoms with van der Waals surface area (Å²) in [4.78, 5) is 22.4. The van der Waals surface area contributed by atoms with Gasteiger partial charge in [-0.25, -0.2) is 9.97 Å². The van der Waals surface area contributed by atoms with Gasteiger partial charge in [0.15, 0.2) is 0 Å². The van der Waals surface area contributed by atoms with Crippen LogP contribution >= 0.6 is 0 Å². The molecular weight excluding hydrogens is 418 g/mol. The zero-order chi connectivity index (χ0) is 22.6. The number of nitrogens with zero attached hydrogens (tertiary/aromatic N) is 6. The standard InChI is InChI=1S/C24H31N7O2/c1-30(2)22-7-8-27-24(29-22)28-17-3-5-19(6-4-17)33-21-16-18(31-11-13-32-14-12-31)15-20-23(21)26-10-9-25-20/h7-10,15-17,19H,3-6,11-14H2,1-2H3,(H,27,28,29). The fraction of sp³-hybridized carbons (Fsp3) is 0.500. The Labute approximate surface area is 194 Å². The van der Waals surface area contributed by atoms with Crippen molar-refractivity contribution in [3.63, 3.8) is 0 Å². The van der Waals surface area contributed by atoms with Crippen molar-refractivity contribution in [3.05, 3.63) is 36.8 Å². The summed E-state index contributed by atoms with van der Waals surface area (Å²) < 4.78 is 12.0. The topological polar surface area (TPSA) is 88.5 Å². The molecule has 1 N–H and O–H groups in total. The fourth-order valence-electron chi connectivity index (χ4n) is 4.48. The lowest BCUT2D eigenvalue weighted by Crippen LogP contribution is -2.36. The molecule has 1 saturated carbocycles. The number of morpholine rings is 1. The van der Waals surface area contributed by atoms with Gasteiger partial charge in [-0.1, -0.05) is 0 Å². The highest BCUT2D eigenvalue weighted by Crippen LogP contribution is 2.33. The van der Waals surface area contributed by atoms with Gasteiger partial charge in [0, 0.05) is 63.6 Å². The molecule has 2 aromatic heterocycles. The quantitative estimate of drug-likeness (QED) is 0.610. The maximum Gasteiger partial charge on any atom is 0.224 e. The molecule has 0 bridgehead atoms. The smallest absolute Gasteiger partial charge is 0.224 e. The number of hydrogen-bond donors (Lipinski definition) is 1. The zero-order valence-electron chi connectivity index (χ0n) is 19.3. The van der Waals surface area contributed by atoms with Crippen LogP contribution in [0.2, 0.25) is 0 Å². The summed E-state index contributed by atoms with van der Waals surface area (Å²) in [6.07, 6.45) is 9.37. The number of anilines is 3. The first-order valence-electron chi connectivity index (χ1n) is 11.7. The molecule has 3 heterocycles. The van der Waals surface area contributed by atoms with Crippen molar-refractivity contribution in [2.75, 3.05) is 55.5 Å². The molecule has 3 aromatic rings. The highest BCUT2D eigenvalue weighted by atomic mass is 16.5. The molecule has 1 saturated heterocycles. The fourth-order valence-corrected chi connectivity index (χ4v) is 4.48. The van der Waals surface area contributed by atoms with Crippen LogP contribution in [0.25, 0.3) is 11.0 Å². The van der Waals surface area contributed by atoms with Crippen LogP contribution in [0.1, 0.15) is 25.7 Å². The second kappa shape index (κ2) is 9.74. The van der Waals surface area contributed by atoms with E-state index in [-0.39, 0.29) is 6.10 Å². The van der Waals surface area contributed by atoms with Crippen molar-refractivity contribution in [3.8, 4) is 5.75 Å². The van der Waals surface area contributed by atoms with Crippen LogP contribution in [-0.2, 0) is 4.74 Å². The lowest BCUT2D eigenvalue weighted by atomic mass is 9.93. The third-order valence-corrected chi connectivity index (χ3v) is 6.30. The van der Waals surface area contributed by atoms with Gasteiger partial charge < -0.3 is 24.6 Å². The molecule has 9 heteroatoms. The highest BCUT2D eigenvalue weighted by Gasteiger charge is 2.24. The van der Waals surface area contributed by atoms with Crippen molar-refractivity contribution < 1.29 is 9.47 Å². The Bertz CT molecular complexity index is 1080. The number of benzene rings is 1. The van der Waals surface area contributed by atoms with Crippen LogP contribution < -0.4 is 19.9 Å². The van der Waals surface area contributed by atoms with Crippen molar-refractivity contribution >= 4 is 28.5 Å². The second-order valence-electron chi connectivity index (χ2n) is 8.84. The lowest BCUT2D eigenvalue weighted by molar-refractivity contribution is 0.122. The molecule has 2 fully saturated rings. The van der Waals surface area contributed by atoms with Crippen LogP contribution in [0, 0.1) is 0 Å². The first-order chi connectivity index (χ1) is 16.2. The van der Waals surface area contributed by atoms with Crippen LogP contribution in [0.15, 0.2) is 36.8 Å². The van der Waals surface area contributed by atoms with Gasteiger partial charge in [-0.3, -0.25) is 4.98 Å². The number of ether oxygens (including phenoxy) is 2. The van der Waals surface area contributed by atoms with Crippen LogP contribution in [0.3, 0.4) is 0 Å². The van der Waals surface area contributed by atoms with E-state index in [4.69, 9.17) is 9.47 Å². The van der Waals surface area contributed by atoms with E-state index in [1.54, 1.807) is 18.6 Å². The molecule has 0 spiro atoms. The Hall–Kier alpha value is -3.20. The summed E-state index contributed by atoms with van der Waals surface area (Å²) in [7, 11) is 3.97. The third kappa shape index (κ3) is 5.08. The molecule has 174 valence electrons. The van der Waals surface area contributed by atoms with Gasteiger partial charge in [0.2, 0.25) is 5.95 Å². The predicted molar refractivity (Wildman–Crippen MR) is 129 cm³/mol. The van der Waals surface area contributed by atoms with Crippen molar-refractivity contribution in [2.24, 2.45) is 0 Å². The monoisotopic (exact) mass is 449 g/mol. The maximum atomic E-state index is 6.52. The molecule has 1 aromatic carbocycles. The van der Waals surface area contributed by atoms with Gasteiger partial charge in [-0.2, -0.15) is 4.98 Å². The van der Waals surface area contributed by atoms with E-state index in [9.17, 15) is 0 Å². The number of aromatic nitrogens is 4. The molecule has 0 atom stereocenters. The summed E-state index contributed by atoms with van der Waals surface area (Å²) in [6, 6.07) is 6.48. The molecule has 0 unspecified atom stereocenters. The van der Waals surface area contributed by atoms with E-state index in [1.807, 2.05) is 25.1 Å². The molecule has 5 rings (SSSR count). The van der Waals surface area contributed by atoms with Gasteiger partial charge in [-0.05, 0) is 37.8 Å². The molecule has 33 heavy (non-hydrogen) atoms. The summed E-state index contributed by atoms with van der Waals surface area (Å²) in [6.45, 7) is 3.23. The largest absolute Gasteiger partial charge is 0.488 e. The summed E-state index contributed by atoms with van der Waals surface area (Å²) in [5.41, 5.74) is 2.81. The minimum absolute atomic E-state index is 0.155. The summed E-state index contributed by atoms with van der Waals surface area (Å²) >= 11 is 0. The van der Waals surface area contributed by atoms with Gasteiger partial charge in [0.05, 0.1) is 24.8 Å². The van der Waals surface area contributed by atoms with Crippen LogP contribution in [0.4, 0.5) is 17.5 Å². The molecule has 0 amide bonds. The Morgan fingerprint density at radius 2 is 1.79 bits per heavy atom.